The van der Waals surface area contributed by atoms with Crippen LogP contribution < -0.4 is 16.2 Å². The minimum Gasteiger partial charge on any atom is -0.338 e. The SMILES string of the molecule is CCNC(=O)NC(=O)C(C)Sc1nc2cc(Cl)ccc2c(=O)n1-c1ccc(C(C)CC)cc1. The summed E-state index contributed by atoms with van der Waals surface area (Å²) in [4.78, 5) is 42.3. The molecule has 174 valence electrons. The van der Waals surface area contributed by atoms with Gasteiger partial charge in [-0.3, -0.25) is 19.5 Å². The van der Waals surface area contributed by atoms with E-state index in [4.69, 9.17) is 11.6 Å². The number of thioether (sulfide) groups is 1. The molecule has 0 aliphatic rings. The van der Waals surface area contributed by atoms with Gasteiger partial charge < -0.3 is 5.32 Å². The summed E-state index contributed by atoms with van der Waals surface area (Å²) in [5, 5.41) is 5.37. The van der Waals surface area contributed by atoms with Crippen molar-refractivity contribution in [3.8, 4) is 5.69 Å². The number of urea groups is 1. The van der Waals surface area contributed by atoms with Gasteiger partial charge in [0.1, 0.15) is 0 Å². The topological polar surface area (TPSA) is 93.1 Å². The maximum Gasteiger partial charge on any atom is 0.321 e. The average Bonchev–Trinajstić information content (AvgIpc) is 2.78. The molecular weight excluding hydrogens is 460 g/mol. The third-order valence-corrected chi connectivity index (χ3v) is 6.65. The van der Waals surface area contributed by atoms with Crippen LogP contribution in [-0.2, 0) is 4.79 Å². The normalized spacial score (nSPS) is 12.9. The van der Waals surface area contributed by atoms with Gasteiger partial charge in [-0.15, -0.1) is 0 Å². The second kappa shape index (κ2) is 10.9. The van der Waals surface area contributed by atoms with E-state index >= 15 is 0 Å². The van der Waals surface area contributed by atoms with Gasteiger partial charge in [-0.2, -0.15) is 0 Å². The minimum atomic E-state index is -0.679. The molecule has 9 heteroatoms. The quantitative estimate of drug-likeness (QED) is 0.366. The number of hydrogen-bond acceptors (Lipinski definition) is 5. The number of fused-ring (bicyclic) bond motifs is 1. The van der Waals surface area contributed by atoms with Crippen LogP contribution in [0.2, 0.25) is 5.02 Å². The zero-order chi connectivity index (χ0) is 24.1. The van der Waals surface area contributed by atoms with E-state index in [1.807, 2.05) is 24.3 Å². The van der Waals surface area contributed by atoms with Crippen molar-refractivity contribution in [2.45, 2.75) is 50.4 Å². The highest BCUT2D eigenvalue weighted by Gasteiger charge is 2.22. The number of carbonyl (C=O) groups is 2. The molecule has 33 heavy (non-hydrogen) atoms. The molecule has 1 heterocycles. The van der Waals surface area contributed by atoms with Gasteiger partial charge >= 0.3 is 6.03 Å². The van der Waals surface area contributed by atoms with Gasteiger partial charge in [0, 0.05) is 11.6 Å². The zero-order valence-electron chi connectivity index (χ0n) is 19.0. The Morgan fingerprint density at radius 1 is 1.12 bits per heavy atom. The van der Waals surface area contributed by atoms with Crippen molar-refractivity contribution >= 4 is 46.2 Å². The van der Waals surface area contributed by atoms with E-state index in [0.717, 1.165) is 18.2 Å². The van der Waals surface area contributed by atoms with Gasteiger partial charge in [-0.1, -0.05) is 49.3 Å². The summed E-state index contributed by atoms with van der Waals surface area (Å²) in [7, 11) is 0. The first-order valence-corrected chi connectivity index (χ1v) is 12.1. The number of amides is 3. The van der Waals surface area contributed by atoms with Crippen molar-refractivity contribution in [3.63, 3.8) is 0 Å². The Hall–Kier alpha value is -2.84. The Kier molecular flexibility index (Phi) is 8.15. The van der Waals surface area contributed by atoms with Gasteiger partial charge in [-0.05, 0) is 62.1 Å². The van der Waals surface area contributed by atoms with Crippen LogP contribution in [-0.4, -0.2) is 33.3 Å². The first-order chi connectivity index (χ1) is 15.7. The largest absolute Gasteiger partial charge is 0.338 e. The van der Waals surface area contributed by atoms with Crippen LogP contribution >= 0.6 is 23.4 Å². The summed E-state index contributed by atoms with van der Waals surface area (Å²) < 4.78 is 1.50. The van der Waals surface area contributed by atoms with E-state index < -0.39 is 17.2 Å². The molecule has 0 aliphatic heterocycles. The monoisotopic (exact) mass is 486 g/mol. The number of rotatable bonds is 7. The maximum absolute atomic E-state index is 13.5. The predicted molar refractivity (Wildman–Crippen MR) is 134 cm³/mol. The number of imide groups is 1. The molecular formula is C24H27ClN4O3S. The van der Waals surface area contributed by atoms with Crippen molar-refractivity contribution in [1.29, 1.82) is 0 Å². The summed E-state index contributed by atoms with van der Waals surface area (Å²) >= 11 is 7.22. The van der Waals surface area contributed by atoms with Gasteiger partial charge in [0.05, 0.1) is 21.8 Å². The summed E-state index contributed by atoms with van der Waals surface area (Å²) in [6.45, 7) is 8.10. The van der Waals surface area contributed by atoms with Crippen molar-refractivity contribution in [3.05, 3.63) is 63.4 Å². The molecule has 1 aromatic heterocycles. The number of carbonyl (C=O) groups excluding carboxylic acids is 2. The highest BCUT2D eigenvalue weighted by molar-refractivity contribution is 8.00. The van der Waals surface area contributed by atoms with Crippen LogP contribution in [0.15, 0.2) is 52.4 Å². The smallest absolute Gasteiger partial charge is 0.321 e. The van der Waals surface area contributed by atoms with Gasteiger partial charge in [-0.25, -0.2) is 9.78 Å². The molecule has 2 unspecified atom stereocenters. The highest BCUT2D eigenvalue weighted by atomic mass is 35.5. The Labute approximate surface area is 201 Å². The molecule has 3 aromatic rings. The van der Waals surface area contributed by atoms with E-state index in [0.29, 0.717) is 39.2 Å². The van der Waals surface area contributed by atoms with Crippen LogP contribution in [0.25, 0.3) is 16.6 Å². The fourth-order valence-electron chi connectivity index (χ4n) is 3.26. The van der Waals surface area contributed by atoms with Crippen molar-refractivity contribution in [1.82, 2.24) is 20.2 Å². The molecule has 0 spiro atoms. The summed E-state index contributed by atoms with van der Waals surface area (Å²) in [5.41, 5.74) is 2.01. The Morgan fingerprint density at radius 2 is 1.82 bits per heavy atom. The van der Waals surface area contributed by atoms with Crippen molar-refractivity contribution < 1.29 is 9.59 Å². The van der Waals surface area contributed by atoms with Gasteiger partial charge in [0.15, 0.2) is 5.16 Å². The van der Waals surface area contributed by atoms with E-state index in [2.05, 4.69) is 29.5 Å². The third kappa shape index (κ3) is 5.75. The van der Waals surface area contributed by atoms with Crippen LogP contribution in [0.1, 0.15) is 45.6 Å². The summed E-state index contributed by atoms with van der Waals surface area (Å²) in [5.74, 6) is -0.0791. The molecule has 0 radical (unpaired) electrons. The Morgan fingerprint density at radius 3 is 2.45 bits per heavy atom. The van der Waals surface area contributed by atoms with Crippen LogP contribution in [0.4, 0.5) is 4.79 Å². The number of nitrogens with one attached hydrogen (secondary N) is 2. The number of benzene rings is 2. The predicted octanol–water partition coefficient (Wildman–Crippen LogP) is 4.88. The molecule has 7 nitrogen and oxygen atoms in total. The lowest BCUT2D eigenvalue weighted by Crippen LogP contribution is -2.42. The molecule has 0 saturated heterocycles. The minimum absolute atomic E-state index is 0.258. The fourth-order valence-corrected chi connectivity index (χ4v) is 4.36. The lowest BCUT2D eigenvalue weighted by molar-refractivity contribution is -0.119. The highest BCUT2D eigenvalue weighted by Crippen LogP contribution is 2.27. The molecule has 2 N–H and O–H groups in total. The lowest BCUT2D eigenvalue weighted by Gasteiger charge is -2.17. The van der Waals surface area contributed by atoms with Crippen molar-refractivity contribution in [2.75, 3.05) is 6.54 Å². The average molecular weight is 487 g/mol. The molecule has 3 rings (SSSR count). The van der Waals surface area contributed by atoms with Crippen molar-refractivity contribution in [2.24, 2.45) is 0 Å². The first-order valence-electron chi connectivity index (χ1n) is 10.8. The molecule has 0 bridgehead atoms. The van der Waals surface area contributed by atoms with Crippen LogP contribution in [0.3, 0.4) is 0 Å². The van der Waals surface area contributed by atoms with Crippen LogP contribution in [0, 0.1) is 0 Å². The number of halogens is 1. The van der Waals surface area contributed by atoms with Crippen LogP contribution in [0.5, 0.6) is 0 Å². The maximum atomic E-state index is 13.5. The summed E-state index contributed by atoms with van der Waals surface area (Å²) in [6.07, 6.45) is 1.01. The van der Waals surface area contributed by atoms with Gasteiger partial charge in [0.2, 0.25) is 5.91 Å². The molecule has 0 aliphatic carbocycles. The number of aromatic nitrogens is 2. The van der Waals surface area contributed by atoms with E-state index in [-0.39, 0.29) is 5.56 Å². The second-order valence-electron chi connectivity index (χ2n) is 7.71. The molecule has 0 fully saturated rings. The van der Waals surface area contributed by atoms with Gasteiger partial charge in [0.25, 0.3) is 5.56 Å². The molecule has 0 saturated carbocycles. The Bertz CT molecular complexity index is 1230. The van der Waals surface area contributed by atoms with E-state index in [1.165, 1.54) is 10.1 Å². The fraction of sp³-hybridized carbons (Fsp3) is 0.333. The van der Waals surface area contributed by atoms with E-state index in [1.54, 1.807) is 32.0 Å². The standard InChI is InChI=1S/C24H27ClN4O3S/c1-5-14(3)16-7-10-18(11-8-16)29-22(31)19-12-9-17(25)13-20(19)27-24(29)33-15(4)21(30)28-23(32)26-6-2/h7-15H,5-6H2,1-4H3,(H2,26,28,30,32). The molecule has 2 atom stereocenters. The molecule has 3 amide bonds. The zero-order valence-corrected chi connectivity index (χ0v) is 20.6. The molecule has 2 aromatic carbocycles. The lowest BCUT2D eigenvalue weighted by atomic mass is 9.98. The number of nitrogens with zero attached hydrogens (tertiary/aromatic N) is 2. The number of hydrogen-bond donors (Lipinski definition) is 2. The second-order valence-corrected chi connectivity index (χ2v) is 9.45. The summed E-state index contributed by atoms with van der Waals surface area (Å²) in [6, 6.07) is 12.1. The Balaban J connectivity index is 2.06. The van der Waals surface area contributed by atoms with E-state index in [9.17, 15) is 14.4 Å². The first kappa shape index (κ1) is 24.8. The third-order valence-electron chi connectivity index (χ3n) is 5.36.